The summed E-state index contributed by atoms with van der Waals surface area (Å²) in [7, 11) is 0. The molecular weight excluding hydrogens is 336 g/mol. The molecule has 0 unspecified atom stereocenters. The van der Waals surface area contributed by atoms with Gasteiger partial charge in [-0.25, -0.2) is 0 Å². The molecule has 1 aliphatic heterocycles. The van der Waals surface area contributed by atoms with E-state index in [1.54, 1.807) is 0 Å². The zero-order chi connectivity index (χ0) is 19.0. The molecule has 4 rings (SSSR count). The number of Topliss-reactive ketones (excluding diaryl/α,β-unsaturated/α-hetero) is 1. The molecular formula is C20H28O6. The number of hydrogen-bond donors (Lipinski definition) is 3. The summed E-state index contributed by atoms with van der Waals surface area (Å²) < 4.78 is 5.90. The fourth-order valence-corrected chi connectivity index (χ4v) is 6.79. The molecule has 6 heteroatoms. The third-order valence-electron chi connectivity index (χ3n) is 7.82. The van der Waals surface area contributed by atoms with E-state index < -0.39 is 47.3 Å². The van der Waals surface area contributed by atoms with Gasteiger partial charge in [0, 0.05) is 11.8 Å². The van der Waals surface area contributed by atoms with Crippen LogP contribution in [0.5, 0.6) is 0 Å². The van der Waals surface area contributed by atoms with E-state index in [0.717, 1.165) is 0 Å². The molecule has 0 aromatic carbocycles. The maximum atomic E-state index is 13.2. The second-order valence-corrected chi connectivity index (χ2v) is 9.40. The van der Waals surface area contributed by atoms with Crippen molar-refractivity contribution in [2.24, 2.45) is 34.5 Å². The third kappa shape index (κ3) is 2.07. The Morgan fingerprint density at radius 3 is 2.62 bits per heavy atom. The fraction of sp³-hybridized carbons (Fsp3) is 0.800. The number of aldehydes is 1. The van der Waals surface area contributed by atoms with Crippen molar-refractivity contribution in [3.05, 3.63) is 12.2 Å². The van der Waals surface area contributed by atoms with E-state index in [1.165, 1.54) is 0 Å². The molecule has 3 aliphatic carbocycles. The largest absolute Gasteiger partial charge is 0.392 e. The Kier molecular flexibility index (Phi) is 4.02. The van der Waals surface area contributed by atoms with E-state index in [9.17, 15) is 24.9 Å². The number of rotatable bonds is 2. The molecule has 0 bridgehead atoms. The van der Waals surface area contributed by atoms with Gasteiger partial charge in [-0.3, -0.25) is 9.59 Å². The molecule has 26 heavy (non-hydrogen) atoms. The van der Waals surface area contributed by atoms with Crippen LogP contribution in [0.25, 0.3) is 0 Å². The van der Waals surface area contributed by atoms with Crippen molar-refractivity contribution in [2.45, 2.75) is 64.1 Å². The lowest BCUT2D eigenvalue weighted by molar-refractivity contribution is -0.239. The summed E-state index contributed by atoms with van der Waals surface area (Å²) in [5.74, 6) is -1.90. The summed E-state index contributed by atoms with van der Waals surface area (Å²) in [5, 5.41) is 32.8. The molecule has 1 saturated heterocycles. The highest BCUT2D eigenvalue weighted by atomic mass is 16.6. The van der Waals surface area contributed by atoms with E-state index in [-0.39, 0.29) is 17.6 Å². The highest BCUT2D eigenvalue weighted by molar-refractivity contribution is 5.88. The van der Waals surface area contributed by atoms with E-state index in [4.69, 9.17) is 4.74 Å². The van der Waals surface area contributed by atoms with E-state index in [1.807, 2.05) is 13.8 Å². The van der Waals surface area contributed by atoms with Crippen LogP contribution in [0.15, 0.2) is 12.2 Å². The molecule has 6 nitrogen and oxygen atoms in total. The monoisotopic (exact) mass is 364 g/mol. The van der Waals surface area contributed by atoms with Gasteiger partial charge in [-0.05, 0) is 48.5 Å². The lowest BCUT2D eigenvalue weighted by Gasteiger charge is -2.61. The van der Waals surface area contributed by atoms with Crippen LogP contribution in [0.3, 0.4) is 0 Å². The lowest BCUT2D eigenvalue weighted by Crippen LogP contribution is -2.69. The first-order valence-electron chi connectivity index (χ1n) is 9.53. The molecule has 1 spiro atoms. The van der Waals surface area contributed by atoms with Crippen LogP contribution in [-0.4, -0.2) is 52.0 Å². The van der Waals surface area contributed by atoms with Crippen molar-refractivity contribution in [1.82, 2.24) is 0 Å². The molecule has 1 heterocycles. The van der Waals surface area contributed by atoms with Gasteiger partial charge in [0.1, 0.15) is 12.4 Å². The number of carbonyl (C=O) groups excluding carboxylic acids is 2. The maximum Gasteiger partial charge on any atom is 0.166 e. The first kappa shape index (κ1) is 18.3. The minimum absolute atomic E-state index is 0.186. The topological polar surface area (TPSA) is 104 Å². The van der Waals surface area contributed by atoms with Gasteiger partial charge < -0.3 is 20.1 Å². The Balaban J connectivity index is 1.85. The predicted octanol–water partition coefficient (Wildman–Crippen LogP) is 0.828. The van der Waals surface area contributed by atoms with E-state index in [0.29, 0.717) is 37.5 Å². The van der Waals surface area contributed by atoms with Gasteiger partial charge in [0.15, 0.2) is 12.1 Å². The van der Waals surface area contributed by atoms with Crippen molar-refractivity contribution in [1.29, 1.82) is 0 Å². The van der Waals surface area contributed by atoms with Gasteiger partial charge in [-0.2, -0.15) is 0 Å². The number of ether oxygens (including phenoxy) is 1. The molecule has 4 aliphatic rings. The highest BCUT2D eigenvalue weighted by Crippen LogP contribution is 2.68. The van der Waals surface area contributed by atoms with Gasteiger partial charge in [0.25, 0.3) is 0 Å². The summed E-state index contributed by atoms with van der Waals surface area (Å²) >= 11 is 0. The quantitative estimate of drug-likeness (QED) is 0.495. The standard InChI is InChI=1S/C20H28O6/c1-9(8-21)10-6-11-14-12(7-10)26-18(25)20(14)13(22)4-5-19(2,3)17(20)16(24)15(11)23/h8,10-15,17-18,22-23,25H,1,4-7H2,2-3H3/t10-,11-,12-,13-,14-,15-,17+,18-,20+/m0/s1. The van der Waals surface area contributed by atoms with Gasteiger partial charge in [-0.15, -0.1) is 0 Å². The van der Waals surface area contributed by atoms with Crippen LogP contribution >= 0.6 is 0 Å². The molecule has 0 radical (unpaired) electrons. The number of ketones is 1. The van der Waals surface area contributed by atoms with Crippen LogP contribution in [0.1, 0.15) is 39.5 Å². The van der Waals surface area contributed by atoms with Gasteiger partial charge in [0.2, 0.25) is 0 Å². The number of aliphatic hydroxyl groups is 3. The minimum atomic E-state index is -1.25. The zero-order valence-electron chi connectivity index (χ0n) is 15.3. The minimum Gasteiger partial charge on any atom is -0.392 e. The van der Waals surface area contributed by atoms with Gasteiger partial charge >= 0.3 is 0 Å². The van der Waals surface area contributed by atoms with Crippen molar-refractivity contribution < 1.29 is 29.6 Å². The van der Waals surface area contributed by atoms with Crippen LogP contribution in [0.2, 0.25) is 0 Å². The Bertz CT molecular complexity index is 657. The third-order valence-corrected chi connectivity index (χ3v) is 7.82. The average Bonchev–Trinajstić information content (AvgIpc) is 2.88. The molecule has 0 aromatic heterocycles. The summed E-state index contributed by atoms with van der Waals surface area (Å²) in [5.41, 5.74) is -1.10. The van der Waals surface area contributed by atoms with Crippen molar-refractivity contribution in [2.75, 3.05) is 0 Å². The Morgan fingerprint density at radius 1 is 1.27 bits per heavy atom. The molecule has 0 aromatic rings. The van der Waals surface area contributed by atoms with Gasteiger partial charge in [0.05, 0.1) is 17.6 Å². The first-order valence-corrected chi connectivity index (χ1v) is 9.53. The normalized spacial score (nSPS) is 52.1. The Morgan fingerprint density at radius 2 is 1.96 bits per heavy atom. The maximum absolute atomic E-state index is 13.2. The summed E-state index contributed by atoms with van der Waals surface area (Å²) in [6, 6.07) is 0. The predicted molar refractivity (Wildman–Crippen MR) is 91.7 cm³/mol. The summed E-state index contributed by atoms with van der Waals surface area (Å²) in [6.45, 7) is 7.73. The zero-order valence-corrected chi connectivity index (χ0v) is 15.3. The second kappa shape index (κ2) is 5.71. The van der Waals surface area contributed by atoms with E-state index in [2.05, 4.69) is 6.58 Å². The van der Waals surface area contributed by atoms with Crippen LogP contribution in [0.4, 0.5) is 0 Å². The number of aliphatic hydroxyl groups excluding tert-OH is 3. The Labute approximate surface area is 153 Å². The molecule has 144 valence electrons. The van der Waals surface area contributed by atoms with Crippen LogP contribution in [0, 0.1) is 34.5 Å². The molecule has 0 amide bonds. The lowest BCUT2D eigenvalue weighted by atomic mass is 9.42. The Hall–Kier alpha value is -1.08. The second-order valence-electron chi connectivity index (χ2n) is 9.40. The highest BCUT2D eigenvalue weighted by Gasteiger charge is 2.75. The van der Waals surface area contributed by atoms with Crippen molar-refractivity contribution >= 4 is 12.1 Å². The van der Waals surface area contributed by atoms with Crippen LogP contribution in [-0.2, 0) is 14.3 Å². The van der Waals surface area contributed by atoms with Gasteiger partial charge in [-0.1, -0.05) is 20.4 Å². The molecule has 4 fully saturated rings. The average molecular weight is 364 g/mol. The fourth-order valence-electron chi connectivity index (χ4n) is 6.79. The number of allylic oxidation sites excluding steroid dienone is 1. The van der Waals surface area contributed by atoms with Crippen LogP contribution < -0.4 is 0 Å². The van der Waals surface area contributed by atoms with Crippen molar-refractivity contribution in [3.63, 3.8) is 0 Å². The van der Waals surface area contributed by atoms with E-state index >= 15 is 0 Å². The molecule has 3 N–H and O–H groups in total. The smallest absolute Gasteiger partial charge is 0.166 e. The first-order chi connectivity index (χ1) is 12.2. The molecule has 3 saturated carbocycles. The summed E-state index contributed by atoms with van der Waals surface area (Å²) in [6.07, 6.45) is -0.853. The number of carbonyl (C=O) groups is 2. The SMILES string of the molecule is C=C(C=O)[C@H]1C[C@H]2[C@H]3[C@H](C1)O[C@H](O)[C@@]31[C@H](C(=O)[C@H]2O)C(C)(C)CC[C@@H]1O. The molecule has 9 atom stereocenters. The number of hydrogen-bond acceptors (Lipinski definition) is 6. The van der Waals surface area contributed by atoms with Crippen molar-refractivity contribution in [3.8, 4) is 0 Å². The summed E-state index contributed by atoms with van der Waals surface area (Å²) in [4.78, 5) is 24.4.